The number of methoxy groups -OCH3 is 1. The second-order valence-corrected chi connectivity index (χ2v) is 7.66. The normalized spacial score (nSPS) is 14.6. The number of carbonyl (C=O) groups excluding carboxylic acids is 3. The maximum atomic E-state index is 12.8. The summed E-state index contributed by atoms with van der Waals surface area (Å²) < 4.78 is 10.0. The fourth-order valence-electron chi connectivity index (χ4n) is 3.86. The molecule has 0 atom stereocenters. The quantitative estimate of drug-likeness (QED) is 0.525. The van der Waals surface area contributed by atoms with Gasteiger partial charge in [-0.1, -0.05) is 11.6 Å². The largest absolute Gasteiger partial charge is 0.464 e. The van der Waals surface area contributed by atoms with Gasteiger partial charge >= 0.3 is 5.97 Å². The molecule has 0 radical (unpaired) electrons. The number of anilines is 1. The van der Waals surface area contributed by atoms with E-state index in [1.807, 2.05) is 25.1 Å². The molecule has 31 heavy (non-hydrogen) atoms. The Balaban J connectivity index is 1.41. The minimum atomic E-state index is -0.540. The SMILES string of the molecule is COC(=O)c1[nH]c2ccc(C)cc2c1NC(=O)C[NH+]1CCN(C(=O)c2ccco2)CC1. The average molecular weight is 425 g/mol. The summed E-state index contributed by atoms with van der Waals surface area (Å²) in [5.74, 6) is -0.550. The van der Waals surface area contributed by atoms with Crippen LogP contribution in [0.5, 0.6) is 0 Å². The highest BCUT2D eigenvalue weighted by Gasteiger charge is 2.28. The number of ether oxygens (including phenoxy) is 1. The molecular formula is C22H25N4O5+. The van der Waals surface area contributed by atoms with Gasteiger partial charge in [-0.05, 0) is 31.2 Å². The molecule has 0 spiro atoms. The van der Waals surface area contributed by atoms with Crippen LogP contribution in [0.25, 0.3) is 10.9 Å². The molecule has 0 bridgehead atoms. The maximum Gasteiger partial charge on any atom is 0.356 e. The topological polar surface area (TPSA) is 109 Å². The van der Waals surface area contributed by atoms with Crippen LogP contribution < -0.4 is 10.2 Å². The number of aromatic nitrogens is 1. The van der Waals surface area contributed by atoms with Crippen molar-refractivity contribution in [3.05, 3.63) is 53.6 Å². The summed E-state index contributed by atoms with van der Waals surface area (Å²) in [6.45, 7) is 4.57. The van der Waals surface area contributed by atoms with Crippen molar-refractivity contribution in [2.45, 2.75) is 6.92 Å². The van der Waals surface area contributed by atoms with Crippen molar-refractivity contribution in [3.63, 3.8) is 0 Å². The van der Waals surface area contributed by atoms with Crippen molar-refractivity contribution in [1.29, 1.82) is 0 Å². The molecule has 1 fully saturated rings. The van der Waals surface area contributed by atoms with Gasteiger partial charge in [-0.2, -0.15) is 0 Å². The van der Waals surface area contributed by atoms with Crippen molar-refractivity contribution in [3.8, 4) is 0 Å². The first-order valence-corrected chi connectivity index (χ1v) is 10.1. The van der Waals surface area contributed by atoms with Crippen LogP contribution in [0.4, 0.5) is 5.69 Å². The van der Waals surface area contributed by atoms with Crippen LogP contribution in [0, 0.1) is 6.92 Å². The van der Waals surface area contributed by atoms with Crippen LogP contribution >= 0.6 is 0 Å². The third-order valence-corrected chi connectivity index (χ3v) is 5.51. The number of hydrogen-bond acceptors (Lipinski definition) is 5. The molecule has 4 rings (SSSR count). The van der Waals surface area contributed by atoms with Crippen LogP contribution in [-0.2, 0) is 9.53 Å². The molecule has 0 saturated carbocycles. The first-order chi connectivity index (χ1) is 15.0. The summed E-state index contributed by atoms with van der Waals surface area (Å²) in [5, 5.41) is 3.65. The summed E-state index contributed by atoms with van der Waals surface area (Å²) in [7, 11) is 1.30. The predicted molar refractivity (Wildman–Crippen MR) is 113 cm³/mol. The standard InChI is InChI=1S/C22H24N4O5/c1-14-5-6-16-15(12-14)19(20(23-16)22(29)30-2)24-18(27)13-25-7-9-26(10-8-25)21(28)17-4-3-11-31-17/h3-6,11-12,23H,7-10,13H2,1-2H3,(H,24,27)/p+1. The van der Waals surface area contributed by atoms with E-state index >= 15 is 0 Å². The van der Waals surface area contributed by atoms with E-state index in [4.69, 9.17) is 9.15 Å². The van der Waals surface area contributed by atoms with Crippen LogP contribution in [-0.4, -0.2) is 67.5 Å². The van der Waals surface area contributed by atoms with Gasteiger partial charge in [0.1, 0.15) is 5.69 Å². The van der Waals surface area contributed by atoms with E-state index < -0.39 is 5.97 Å². The lowest BCUT2D eigenvalue weighted by atomic mass is 10.1. The summed E-state index contributed by atoms with van der Waals surface area (Å²) >= 11 is 0. The van der Waals surface area contributed by atoms with Crippen LogP contribution in [0.15, 0.2) is 41.0 Å². The summed E-state index contributed by atoms with van der Waals surface area (Å²) in [4.78, 5) is 43.2. The Bertz CT molecular complexity index is 1110. The van der Waals surface area contributed by atoms with E-state index in [1.54, 1.807) is 17.0 Å². The zero-order valence-electron chi connectivity index (χ0n) is 17.5. The lowest BCUT2D eigenvalue weighted by Gasteiger charge is -2.31. The first kappa shape index (κ1) is 20.7. The molecule has 9 heteroatoms. The Morgan fingerprint density at radius 1 is 1.23 bits per heavy atom. The van der Waals surface area contributed by atoms with Gasteiger partial charge < -0.3 is 29.3 Å². The van der Waals surface area contributed by atoms with Gasteiger partial charge in [0.25, 0.3) is 11.8 Å². The number of H-pyrrole nitrogens is 1. The van der Waals surface area contributed by atoms with Crippen molar-refractivity contribution >= 4 is 34.4 Å². The van der Waals surface area contributed by atoms with Gasteiger partial charge in [0, 0.05) is 10.9 Å². The minimum absolute atomic E-state index is 0.134. The lowest BCUT2D eigenvalue weighted by molar-refractivity contribution is -0.895. The van der Waals surface area contributed by atoms with Crippen molar-refractivity contribution in [1.82, 2.24) is 9.88 Å². The zero-order valence-corrected chi connectivity index (χ0v) is 17.5. The fraction of sp³-hybridized carbons (Fsp3) is 0.318. The Morgan fingerprint density at radius 3 is 2.68 bits per heavy atom. The molecule has 9 nitrogen and oxygen atoms in total. The number of fused-ring (bicyclic) bond motifs is 1. The second-order valence-electron chi connectivity index (χ2n) is 7.66. The van der Waals surface area contributed by atoms with E-state index in [9.17, 15) is 14.4 Å². The molecule has 1 aromatic carbocycles. The predicted octanol–water partition coefficient (Wildman–Crippen LogP) is 0.835. The highest BCUT2D eigenvalue weighted by Crippen LogP contribution is 2.29. The van der Waals surface area contributed by atoms with Gasteiger partial charge in [-0.25, -0.2) is 4.79 Å². The van der Waals surface area contributed by atoms with E-state index in [0.29, 0.717) is 37.6 Å². The van der Waals surface area contributed by atoms with Crippen LogP contribution in [0.1, 0.15) is 26.6 Å². The number of furan rings is 1. The van der Waals surface area contributed by atoms with Gasteiger partial charge in [-0.3, -0.25) is 9.59 Å². The molecule has 1 saturated heterocycles. The Morgan fingerprint density at radius 2 is 2.00 bits per heavy atom. The molecule has 2 aromatic heterocycles. The van der Waals surface area contributed by atoms with Crippen molar-refractivity contribution in [2.75, 3.05) is 45.2 Å². The molecule has 1 aliphatic rings. The number of nitrogens with one attached hydrogen (secondary N) is 3. The Labute approximate surface area is 178 Å². The highest BCUT2D eigenvalue weighted by molar-refractivity contribution is 6.11. The molecule has 0 unspecified atom stereocenters. The van der Waals surface area contributed by atoms with E-state index in [0.717, 1.165) is 21.4 Å². The number of amides is 2. The smallest absolute Gasteiger partial charge is 0.356 e. The molecule has 0 aliphatic carbocycles. The number of aryl methyl sites for hydroxylation is 1. The zero-order chi connectivity index (χ0) is 22.0. The number of carbonyl (C=O) groups is 3. The van der Waals surface area contributed by atoms with Gasteiger partial charge in [-0.15, -0.1) is 0 Å². The lowest BCUT2D eigenvalue weighted by Crippen LogP contribution is -3.15. The van der Waals surface area contributed by atoms with Gasteiger partial charge in [0.2, 0.25) is 0 Å². The summed E-state index contributed by atoms with van der Waals surface area (Å²) in [6, 6.07) is 9.05. The Kier molecular flexibility index (Phi) is 5.77. The highest BCUT2D eigenvalue weighted by atomic mass is 16.5. The summed E-state index contributed by atoms with van der Waals surface area (Å²) in [6.07, 6.45) is 1.48. The second kappa shape index (κ2) is 8.65. The average Bonchev–Trinajstić information content (AvgIpc) is 3.42. The minimum Gasteiger partial charge on any atom is -0.464 e. The fourth-order valence-corrected chi connectivity index (χ4v) is 3.86. The molecule has 3 heterocycles. The molecular weight excluding hydrogens is 400 g/mol. The number of esters is 1. The third kappa shape index (κ3) is 4.31. The molecule has 3 N–H and O–H groups in total. The maximum absolute atomic E-state index is 12.8. The van der Waals surface area contributed by atoms with E-state index in [1.165, 1.54) is 13.4 Å². The molecule has 162 valence electrons. The van der Waals surface area contributed by atoms with Crippen molar-refractivity contribution in [2.24, 2.45) is 0 Å². The summed E-state index contributed by atoms with van der Waals surface area (Å²) in [5.41, 5.74) is 2.42. The number of benzene rings is 1. The van der Waals surface area contributed by atoms with E-state index in [2.05, 4.69) is 10.3 Å². The number of quaternary nitrogens is 1. The van der Waals surface area contributed by atoms with Gasteiger partial charge in [0.05, 0.1) is 45.2 Å². The number of rotatable bonds is 5. The van der Waals surface area contributed by atoms with E-state index in [-0.39, 0.29) is 24.1 Å². The molecule has 1 aliphatic heterocycles. The first-order valence-electron chi connectivity index (χ1n) is 10.1. The van der Waals surface area contributed by atoms with Crippen LogP contribution in [0.2, 0.25) is 0 Å². The molecule has 2 amide bonds. The number of aromatic amines is 1. The van der Waals surface area contributed by atoms with Gasteiger partial charge in [0.15, 0.2) is 12.3 Å². The number of hydrogen-bond donors (Lipinski definition) is 3. The third-order valence-electron chi connectivity index (χ3n) is 5.51. The van der Waals surface area contributed by atoms with Crippen molar-refractivity contribution < 1.29 is 28.4 Å². The molecule has 3 aromatic rings. The number of piperazine rings is 1. The number of nitrogens with zero attached hydrogens (tertiary/aromatic N) is 1. The van der Waals surface area contributed by atoms with Crippen LogP contribution in [0.3, 0.4) is 0 Å². The monoisotopic (exact) mass is 425 g/mol. The Hall–Kier alpha value is -3.59.